The second kappa shape index (κ2) is 5.11. The predicted molar refractivity (Wildman–Crippen MR) is 52.5 cm³/mol. The minimum atomic E-state index is -2.89. The van der Waals surface area contributed by atoms with Gasteiger partial charge in [-0.1, -0.05) is 0 Å². The van der Waals surface area contributed by atoms with Gasteiger partial charge in [-0.3, -0.25) is 5.84 Å². The molecular formula is C6H15ClN2O3S. The van der Waals surface area contributed by atoms with E-state index in [0.717, 1.165) is 0 Å². The van der Waals surface area contributed by atoms with Crippen molar-refractivity contribution in [3.8, 4) is 0 Å². The third-order valence-electron chi connectivity index (χ3n) is 1.93. The lowest BCUT2D eigenvalue weighted by Crippen LogP contribution is -2.53. The predicted octanol–water partition coefficient (Wildman–Crippen LogP) is -0.973. The van der Waals surface area contributed by atoms with Crippen molar-refractivity contribution in [2.75, 3.05) is 31.8 Å². The van der Waals surface area contributed by atoms with Crippen LogP contribution < -0.4 is 5.84 Å². The summed E-state index contributed by atoms with van der Waals surface area (Å²) >= 11 is 0. The Labute approximate surface area is 84.5 Å². The van der Waals surface area contributed by atoms with Gasteiger partial charge in [0.2, 0.25) is 0 Å². The molecule has 80 valence electrons. The van der Waals surface area contributed by atoms with Crippen molar-refractivity contribution in [1.82, 2.24) is 5.01 Å². The highest BCUT2D eigenvalue weighted by atomic mass is 35.5. The highest BCUT2D eigenvalue weighted by Crippen LogP contribution is 2.07. The quantitative estimate of drug-likeness (QED) is 0.618. The summed E-state index contributed by atoms with van der Waals surface area (Å²) in [6.45, 7) is 0.770. The second-order valence-corrected chi connectivity index (χ2v) is 5.19. The third-order valence-corrected chi connectivity index (χ3v) is 3.63. The number of hydrazine groups is 1. The van der Waals surface area contributed by atoms with E-state index in [2.05, 4.69) is 0 Å². The molecule has 1 saturated heterocycles. The number of nitrogens with zero attached hydrogens (tertiary/aromatic N) is 1. The lowest BCUT2D eigenvalue weighted by molar-refractivity contribution is 0.101. The van der Waals surface area contributed by atoms with Gasteiger partial charge in [-0.2, -0.15) is 0 Å². The smallest absolute Gasteiger partial charge is 0.153 e. The molecule has 0 aromatic heterocycles. The summed E-state index contributed by atoms with van der Waals surface area (Å²) in [5.41, 5.74) is 0. The maximum Gasteiger partial charge on any atom is 0.153 e. The van der Waals surface area contributed by atoms with E-state index in [1.165, 1.54) is 12.1 Å². The average Bonchev–Trinajstić information content (AvgIpc) is 1.97. The van der Waals surface area contributed by atoms with E-state index in [1.807, 2.05) is 0 Å². The first-order chi connectivity index (χ1) is 5.55. The van der Waals surface area contributed by atoms with Crippen molar-refractivity contribution in [2.24, 2.45) is 5.84 Å². The summed E-state index contributed by atoms with van der Waals surface area (Å²) in [5.74, 6) is 5.84. The van der Waals surface area contributed by atoms with Crippen LogP contribution in [0.25, 0.3) is 0 Å². The summed E-state index contributed by atoms with van der Waals surface area (Å²) in [6, 6.07) is -0.186. The summed E-state index contributed by atoms with van der Waals surface area (Å²) in [7, 11) is -1.35. The Hall–Kier alpha value is 0.120. The van der Waals surface area contributed by atoms with Crippen molar-refractivity contribution < 1.29 is 13.2 Å². The third kappa shape index (κ3) is 3.78. The Balaban J connectivity index is 0.00000144. The first-order valence-electron chi connectivity index (χ1n) is 3.76. The van der Waals surface area contributed by atoms with Gasteiger partial charge in [0, 0.05) is 13.7 Å². The maximum atomic E-state index is 11.1. The molecule has 1 rings (SSSR count). The number of halogens is 1. The molecular weight excluding hydrogens is 216 g/mol. The highest BCUT2D eigenvalue weighted by Gasteiger charge is 2.28. The van der Waals surface area contributed by atoms with Crippen LogP contribution >= 0.6 is 12.4 Å². The molecule has 2 N–H and O–H groups in total. The summed E-state index contributed by atoms with van der Waals surface area (Å²) < 4.78 is 27.1. The number of rotatable bonds is 2. The molecule has 1 heterocycles. The minimum absolute atomic E-state index is 0. The summed E-state index contributed by atoms with van der Waals surface area (Å²) in [5, 5.41) is 1.53. The normalized spacial score (nSPS) is 28.0. The fourth-order valence-electron chi connectivity index (χ4n) is 1.24. The molecule has 0 spiro atoms. The SMILES string of the molecule is COCC1CS(=O)(=O)CCN1N.Cl. The molecule has 1 atom stereocenters. The monoisotopic (exact) mass is 230 g/mol. The van der Waals surface area contributed by atoms with Gasteiger partial charge in [0.1, 0.15) is 0 Å². The topological polar surface area (TPSA) is 72.6 Å². The number of methoxy groups -OCH3 is 1. The van der Waals surface area contributed by atoms with Crippen molar-refractivity contribution in [3.63, 3.8) is 0 Å². The molecule has 1 aliphatic rings. The number of hydrogen-bond donors (Lipinski definition) is 1. The van der Waals surface area contributed by atoms with Crippen LogP contribution in [0.3, 0.4) is 0 Å². The molecule has 13 heavy (non-hydrogen) atoms. The van der Waals surface area contributed by atoms with Crippen LogP contribution in [0, 0.1) is 0 Å². The van der Waals surface area contributed by atoms with Crippen LogP contribution in [-0.4, -0.2) is 51.2 Å². The van der Waals surface area contributed by atoms with Gasteiger partial charge in [-0.05, 0) is 0 Å². The molecule has 0 aromatic rings. The van der Waals surface area contributed by atoms with E-state index in [-0.39, 0.29) is 30.0 Å². The molecule has 0 aromatic carbocycles. The van der Waals surface area contributed by atoms with Gasteiger partial charge in [-0.15, -0.1) is 12.4 Å². The molecule has 1 fully saturated rings. The van der Waals surface area contributed by atoms with Gasteiger partial charge >= 0.3 is 0 Å². The first-order valence-corrected chi connectivity index (χ1v) is 5.58. The maximum absolute atomic E-state index is 11.1. The minimum Gasteiger partial charge on any atom is -0.383 e. The first kappa shape index (κ1) is 13.1. The van der Waals surface area contributed by atoms with Crippen LogP contribution in [0.15, 0.2) is 0 Å². The van der Waals surface area contributed by atoms with Crippen LogP contribution in [-0.2, 0) is 14.6 Å². The largest absolute Gasteiger partial charge is 0.383 e. The Bertz CT molecular complexity index is 244. The van der Waals surface area contributed by atoms with Crippen molar-refractivity contribution >= 4 is 22.2 Å². The van der Waals surface area contributed by atoms with Gasteiger partial charge in [0.15, 0.2) is 9.84 Å². The van der Waals surface area contributed by atoms with Crippen LogP contribution in [0.1, 0.15) is 0 Å². The molecule has 0 saturated carbocycles. The standard InChI is InChI=1S/C6H14N2O3S.ClH/c1-11-4-6-5-12(9,10)3-2-8(6)7;/h6H,2-5,7H2,1H3;1H. The van der Waals surface area contributed by atoms with E-state index in [9.17, 15) is 8.42 Å². The molecule has 7 heteroatoms. The lowest BCUT2D eigenvalue weighted by Gasteiger charge is -2.30. The number of nitrogens with two attached hydrogens (primary N) is 1. The zero-order valence-corrected chi connectivity index (χ0v) is 9.10. The van der Waals surface area contributed by atoms with Gasteiger partial charge in [0.25, 0.3) is 0 Å². The Morgan fingerprint density at radius 1 is 1.62 bits per heavy atom. The van der Waals surface area contributed by atoms with Gasteiger partial charge < -0.3 is 4.74 Å². The molecule has 0 radical (unpaired) electrons. The van der Waals surface area contributed by atoms with E-state index in [0.29, 0.717) is 13.2 Å². The average molecular weight is 231 g/mol. The van der Waals surface area contributed by atoms with Crippen LogP contribution in [0.4, 0.5) is 0 Å². The number of sulfone groups is 1. The number of ether oxygens (including phenoxy) is 1. The van der Waals surface area contributed by atoms with Gasteiger partial charge in [0.05, 0.1) is 24.2 Å². The summed E-state index contributed by atoms with van der Waals surface area (Å²) in [6.07, 6.45) is 0. The second-order valence-electron chi connectivity index (χ2n) is 2.96. The fraction of sp³-hybridized carbons (Fsp3) is 1.00. The zero-order valence-electron chi connectivity index (χ0n) is 7.47. The molecule has 0 bridgehead atoms. The highest BCUT2D eigenvalue weighted by molar-refractivity contribution is 7.91. The molecule has 1 unspecified atom stereocenters. The lowest BCUT2D eigenvalue weighted by atomic mass is 10.3. The van der Waals surface area contributed by atoms with Crippen LogP contribution in [0.5, 0.6) is 0 Å². The van der Waals surface area contributed by atoms with E-state index in [4.69, 9.17) is 10.6 Å². The fourth-order valence-corrected chi connectivity index (χ4v) is 2.77. The summed E-state index contributed by atoms with van der Waals surface area (Å²) in [4.78, 5) is 0. The van der Waals surface area contributed by atoms with E-state index in [1.54, 1.807) is 0 Å². The molecule has 1 aliphatic heterocycles. The zero-order chi connectivity index (χ0) is 9.19. The molecule has 5 nitrogen and oxygen atoms in total. The number of hydrogen-bond acceptors (Lipinski definition) is 5. The Morgan fingerprint density at radius 3 is 2.77 bits per heavy atom. The van der Waals surface area contributed by atoms with Crippen molar-refractivity contribution in [1.29, 1.82) is 0 Å². The van der Waals surface area contributed by atoms with E-state index >= 15 is 0 Å². The molecule has 0 amide bonds. The molecule has 0 aliphatic carbocycles. The van der Waals surface area contributed by atoms with Crippen molar-refractivity contribution in [3.05, 3.63) is 0 Å². The Kier molecular flexibility index (Phi) is 5.16. The van der Waals surface area contributed by atoms with Crippen molar-refractivity contribution in [2.45, 2.75) is 6.04 Å². The van der Waals surface area contributed by atoms with Crippen LogP contribution in [0.2, 0.25) is 0 Å². The van der Waals surface area contributed by atoms with Gasteiger partial charge in [-0.25, -0.2) is 13.4 Å². The Morgan fingerprint density at radius 2 is 2.23 bits per heavy atom. The van der Waals surface area contributed by atoms with E-state index < -0.39 is 9.84 Å².